The van der Waals surface area contributed by atoms with Crippen LogP contribution in [-0.2, 0) is 6.54 Å². The van der Waals surface area contributed by atoms with Crippen LogP contribution in [0.25, 0.3) is 0 Å². The molecule has 1 aliphatic heterocycles. The van der Waals surface area contributed by atoms with Gasteiger partial charge in [-0.25, -0.2) is 0 Å². The summed E-state index contributed by atoms with van der Waals surface area (Å²) in [4.78, 5) is 6.77. The van der Waals surface area contributed by atoms with E-state index in [9.17, 15) is 0 Å². The monoisotopic (exact) mass is 233 g/mol. The number of aryl methyl sites for hydroxylation is 1. The van der Waals surface area contributed by atoms with Gasteiger partial charge in [0.2, 0.25) is 0 Å². The summed E-state index contributed by atoms with van der Waals surface area (Å²) in [5.74, 6) is 0.670. The fraction of sp³-hybridized carbons (Fsp3) is 0.643. The fourth-order valence-electron chi connectivity index (χ4n) is 2.56. The van der Waals surface area contributed by atoms with Crippen molar-refractivity contribution in [1.82, 2.24) is 9.88 Å². The summed E-state index contributed by atoms with van der Waals surface area (Å²) in [6.07, 6.45) is 6.40. The predicted molar refractivity (Wildman–Crippen MR) is 70.6 cm³/mol. The molecule has 0 spiro atoms. The van der Waals surface area contributed by atoms with E-state index < -0.39 is 0 Å². The minimum atomic E-state index is 0.664. The fourth-order valence-corrected chi connectivity index (χ4v) is 2.56. The first-order valence-corrected chi connectivity index (χ1v) is 6.54. The van der Waals surface area contributed by atoms with Crippen LogP contribution in [0.15, 0.2) is 18.5 Å². The zero-order valence-electron chi connectivity index (χ0n) is 10.9. The smallest absolute Gasteiger partial charge is 0.0315 e. The van der Waals surface area contributed by atoms with Crippen molar-refractivity contribution >= 4 is 0 Å². The number of nitrogens with two attached hydrogens (primary N) is 1. The van der Waals surface area contributed by atoms with Crippen LogP contribution < -0.4 is 5.73 Å². The van der Waals surface area contributed by atoms with E-state index in [1.165, 1.54) is 24.0 Å². The van der Waals surface area contributed by atoms with Gasteiger partial charge in [-0.2, -0.15) is 0 Å². The zero-order chi connectivity index (χ0) is 12.3. The maximum atomic E-state index is 5.80. The summed E-state index contributed by atoms with van der Waals surface area (Å²) in [6.45, 7) is 7.43. The Morgan fingerprint density at radius 2 is 2.29 bits per heavy atom. The number of pyridine rings is 1. The molecule has 1 aliphatic rings. The molecule has 2 heterocycles. The molecule has 3 nitrogen and oxygen atoms in total. The van der Waals surface area contributed by atoms with Gasteiger partial charge in [-0.05, 0) is 56.3 Å². The number of nitrogens with zero attached hydrogens (tertiary/aromatic N) is 2. The maximum Gasteiger partial charge on any atom is 0.0315 e. The Hall–Kier alpha value is -0.930. The van der Waals surface area contributed by atoms with Gasteiger partial charge < -0.3 is 5.73 Å². The van der Waals surface area contributed by atoms with Crippen molar-refractivity contribution in [1.29, 1.82) is 0 Å². The van der Waals surface area contributed by atoms with Crippen LogP contribution in [0.4, 0.5) is 0 Å². The number of hydrogen-bond acceptors (Lipinski definition) is 3. The van der Waals surface area contributed by atoms with Gasteiger partial charge in [0.15, 0.2) is 0 Å². The van der Waals surface area contributed by atoms with Gasteiger partial charge in [0.25, 0.3) is 0 Å². The average molecular weight is 233 g/mol. The number of aromatic nitrogens is 1. The van der Waals surface area contributed by atoms with Gasteiger partial charge in [0, 0.05) is 31.5 Å². The van der Waals surface area contributed by atoms with Gasteiger partial charge in [0.05, 0.1) is 0 Å². The second kappa shape index (κ2) is 5.61. The molecule has 0 bridgehead atoms. The van der Waals surface area contributed by atoms with Gasteiger partial charge in [-0.1, -0.05) is 0 Å². The van der Waals surface area contributed by atoms with Crippen molar-refractivity contribution in [3.05, 3.63) is 29.6 Å². The molecule has 1 fully saturated rings. The molecule has 1 saturated heterocycles. The summed E-state index contributed by atoms with van der Waals surface area (Å²) in [7, 11) is 0. The van der Waals surface area contributed by atoms with Crippen LogP contribution in [0.3, 0.4) is 0 Å². The SMILES string of the molecule is Cc1ccncc1CN1CC(CN)CCC1C. The summed E-state index contributed by atoms with van der Waals surface area (Å²) < 4.78 is 0. The van der Waals surface area contributed by atoms with E-state index in [4.69, 9.17) is 5.73 Å². The molecule has 2 unspecified atom stereocenters. The van der Waals surface area contributed by atoms with Gasteiger partial charge in [-0.15, -0.1) is 0 Å². The maximum absolute atomic E-state index is 5.80. The minimum Gasteiger partial charge on any atom is -0.330 e. The summed E-state index contributed by atoms with van der Waals surface area (Å²) in [5.41, 5.74) is 8.47. The third-order valence-corrected chi connectivity index (χ3v) is 3.96. The predicted octanol–water partition coefficient (Wildman–Crippen LogP) is 1.95. The molecule has 0 saturated carbocycles. The van der Waals surface area contributed by atoms with E-state index >= 15 is 0 Å². The number of hydrogen-bond donors (Lipinski definition) is 1. The number of rotatable bonds is 3. The summed E-state index contributed by atoms with van der Waals surface area (Å²) in [5, 5.41) is 0. The largest absolute Gasteiger partial charge is 0.330 e. The van der Waals surface area contributed by atoms with Crippen LogP contribution in [0, 0.1) is 12.8 Å². The summed E-state index contributed by atoms with van der Waals surface area (Å²) >= 11 is 0. The van der Waals surface area contributed by atoms with Crippen LogP contribution in [0.5, 0.6) is 0 Å². The highest BCUT2D eigenvalue weighted by Gasteiger charge is 2.24. The first-order chi connectivity index (χ1) is 8.20. The molecule has 2 atom stereocenters. The zero-order valence-corrected chi connectivity index (χ0v) is 10.9. The first-order valence-electron chi connectivity index (χ1n) is 6.54. The molecule has 1 aromatic rings. The molecule has 2 rings (SSSR count). The molecule has 0 aliphatic carbocycles. The van der Waals surface area contributed by atoms with Gasteiger partial charge >= 0.3 is 0 Å². The highest BCUT2D eigenvalue weighted by molar-refractivity contribution is 5.21. The van der Waals surface area contributed by atoms with Crippen LogP contribution in [0.1, 0.15) is 30.9 Å². The van der Waals surface area contributed by atoms with E-state index in [1.54, 1.807) is 0 Å². The van der Waals surface area contributed by atoms with E-state index in [0.29, 0.717) is 12.0 Å². The third-order valence-electron chi connectivity index (χ3n) is 3.96. The van der Waals surface area contributed by atoms with Crippen LogP contribution in [-0.4, -0.2) is 29.0 Å². The Bertz CT molecular complexity index is 364. The molecule has 1 aromatic heterocycles. The molecule has 17 heavy (non-hydrogen) atoms. The Balaban J connectivity index is 2.04. The Morgan fingerprint density at radius 1 is 1.47 bits per heavy atom. The normalized spacial score (nSPS) is 26.1. The van der Waals surface area contributed by atoms with E-state index in [-0.39, 0.29) is 0 Å². The minimum absolute atomic E-state index is 0.664. The lowest BCUT2D eigenvalue weighted by Crippen LogP contribution is -2.43. The van der Waals surface area contributed by atoms with Crippen molar-refractivity contribution in [3.8, 4) is 0 Å². The topological polar surface area (TPSA) is 42.2 Å². The highest BCUT2D eigenvalue weighted by atomic mass is 15.2. The Labute approximate surface area is 104 Å². The van der Waals surface area contributed by atoms with Crippen LogP contribution in [0.2, 0.25) is 0 Å². The third kappa shape index (κ3) is 3.05. The molecule has 0 aromatic carbocycles. The molecule has 2 N–H and O–H groups in total. The Morgan fingerprint density at radius 3 is 3.00 bits per heavy atom. The highest BCUT2D eigenvalue weighted by Crippen LogP contribution is 2.23. The molecule has 0 amide bonds. The lowest BCUT2D eigenvalue weighted by atomic mass is 9.93. The molecular weight excluding hydrogens is 210 g/mol. The van der Waals surface area contributed by atoms with E-state index in [1.807, 2.05) is 12.4 Å². The lowest BCUT2D eigenvalue weighted by Gasteiger charge is -2.37. The van der Waals surface area contributed by atoms with Crippen molar-refractivity contribution < 1.29 is 0 Å². The standard InChI is InChI=1S/C14H23N3/c1-11-5-6-16-8-14(11)10-17-9-13(7-15)4-3-12(17)2/h5-6,8,12-13H,3-4,7,9-10,15H2,1-2H3. The molecule has 0 radical (unpaired) electrons. The Kier molecular flexibility index (Phi) is 4.13. The van der Waals surface area contributed by atoms with Crippen molar-refractivity contribution in [3.63, 3.8) is 0 Å². The average Bonchev–Trinajstić information content (AvgIpc) is 2.35. The first kappa shape index (κ1) is 12.5. The van der Waals surface area contributed by atoms with E-state index in [0.717, 1.165) is 19.6 Å². The van der Waals surface area contributed by atoms with Gasteiger partial charge in [-0.3, -0.25) is 9.88 Å². The quantitative estimate of drug-likeness (QED) is 0.867. The molecular formula is C14H23N3. The van der Waals surface area contributed by atoms with E-state index in [2.05, 4.69) is 29.8 Å². The van der Waals surface area contributed by atoms with Gasteiger partial charge in [0.1, 0.15) is 0 Å². The van der Waals surface area contributed by atoms with Crippen molar-refractivity contribution in [2.45, 2.75) is 39.3 Å². The summed E-state index contributed by atoms with van der Waals surface area (Å²) in [6, 6.07) is 2.75. The molecule has 3 heteroatoms. The van der Waals surface area contributed by atoms with Crippen LogP contribution >= 0.6 is 0 Å². The van der Waals surface area contributed by atoms with Crippen molar-refractivity contribution in [2.24, 2.45) is 11.7 Å². The lowest BCUT2D eigenvalue weighted by molar-refractivity contribution is 0.113. The second-order valence-corrected chi connectivity index (χ2v) is 5.26. The number of likely N-dealkylation sites (tertiary alicyclic amines) is 1. The second-order valence-electron chi connectivity index (χ2n) is 5.26. The molecule has 94 valence electrons. The number of piperidine rings is 1. The van der Waals surface area contributed by atoms with Crippen molar-refractivity contribution in [2.75, 3.05) is 13.1 Å².